The number of nitrogens with zero attached hydrogens (tertiary/aromatic N) is 6. The number of carbonyl (C=O) groups excluding carboxylic acids is 1. The van der Waals surface area contributed by atoms with Crippen LogP contribution < -0.4 is 9.80 Å². The predicted molar refractivity (Wildman–Crippen MR) is 116 cm³/mol. The average Bonchev–Trinajstić information content (AvgIpc) is 2.66. The van der Waals surface area contributed by atoms with Gasteiger partial charge in [-0.2, -0.15) is 4.98 Å². The fourth-order valence-electron chi connectivity index (χ4n) is 5.66. The Morgan fingerprint density at radius 1 is 1.07 bits per heavy atom. The topological polar surface area (TPSA) is 55.8 Å². The first-order valence-electron chi connectivity index (χ1n) is 11.0. The molecule has 4 heterocycles. The van der Waals surface area contributed by atoms with E-state index in [1.807, 2.05) is 19.0 Å². The highest BCUT2D eigenvalue weighted by molar-refractivity contribution is 5.78. The van der Waals surface area contributed by atoms with Crippen molar-refractivity contribution >= 4 is 17.7 Å². The van der Waals surface area contributed by atoms with E-state index in [1.165, 1.54) is 12.0 Å². The van der Waals surface area contributed by atoms with Crippen molar-refractivity contribution in [2.24, 2.45) is 11.8 Å². The maximum atomic E-state index is 12.9. The number of aromatic nitrogens is 2. The molecule has 4 atom stereocenters. The molecule has 7 heteroatoms. The summed E-state index contributed by atoms with van der Waals surface area (Å²) in [5, 5.41) is 0. The summed E-state index contributed by atoms with van der Waals surface area (Å²) >= 11 is 0. The number of hydrogen-bond donors (Lipinski definition) is 0. The Labute approximate surface area is 175 Å². The number of rotatable bonds is 4. The lowest BCUT2D eigenvalue weighted by atomic mass is 9.72. The Balaban J connectivity index is 1.68. The van der Waals surface area contributed by atoms with Crippen molar-refractivity contribution in [2.75, 3.05) is 57.6 Å². The zero-order valence-electron chi connectivity index (χ0n) is 18.9. The second-order valence-corrected chi connectivity index (χ2v) is 9.70. The molecule has 3 saturated heterocycles. The van der Waals surface area contributed by atoms with Crippen molar-refractivity contribution in [3.8, 4) is 0 Å². The standard InChI is InChI=1S/C22H36N6O/c1-14-15(2)23-22(26(5)6)24-21(14)27-11-16-10-17(12-27)19(13-25(3)4)28-18(16)8-7-9-20(28)29/h16-19H,7-13H2,1-6H3/t16-,17+,18+,19+/m1/s1. The van der Waals surface area contributed by atoms with E-state index in [0.29, 0.717) is 29.8 Å². The van der Waals surface area contributed by atoms with Gasteiger partial charge in [0.05, 0.1) is 0 Å². The smallest absolute Gasteiger partial charge is 0.227 e. The minimum atomic E-state index is 0.304. The van der Waals surface area contributed by atoms with Gasteiger partial charge in [0.2, 0.25) is 11.9 Å². The number of carbonyl (C=O) groups is 1. The highest BCUT2D eigenvalue weighted by Gasteiger charge is 2.49. The van der Waals surface area contributed by atoms with Crippen LogP contribution in [-0.2, 0) is 4.79 Å². The van der Waals surface area contributed by atoms with Crippen LogP contribution >= 0.6 is 0 Å². The van der Waals surface area contributed by atoms with Gasteiger partial charge in [0.25, 0.3) is 0 Å². The molecule has 3 fully saturated rings. The number of anilines is 2. The van der Waals surface area contributed by atoms with Crippen molar-refractivity contribution in [1.82, 2.24) is 19.8 Å². The van der Waals surface area contributed by atoms with E-state index in [0.717, 1.165) is 56.4 Å². The average molecular weight is 401 g/mol. The number of amides is 1. The Hall–Kier alpha value is -1.89. The largest absolute Gasteiger partial charge is 0.356 e. The Kier molecular flexibility index (Phi) is 5.44. The lowest BCUT2D eigenvalue weighted by molar-refractivity contribution is -0.149. The van der Waals surface area contributed by atoms with Crippen molar-refractivity contribution < 1.29 is 4.79 Å². The minimum absolute atomic E-state index is 0.304. The molecule has 160 valence electrons. The molecule has 0 saturated carbocycles. The fourth-order valence-corrected chi connectivity index (χ4v) is 5.66. The Bertz CT molecular complexity index is 779. The molecule has 0 N–H and O–H groups in total. The van der Waals surface area contributed by atoms with Crippen LogP contribution in [0.25, 0.3) is 0 Å². The van der Waals surface area contributed by atoms with Crippen LogP contribution in [0.2, 0.25) is 0 Å². The van der Waals surface area contributed by atoms with Crippen molar-refractivity contribution in [3.63, 3.8) is 0 Å². The molecule has 4 rings (SSSR count). The van der Waals surface area contributed by atoms with Crippen LogP contribution in [0.1, 0.15) is 36.9 Å². The lowest BCUT2D eigenvalue weighted by Crippen LogP contribution is -2.67. The molecule has 29 heavy (non-hydrogen) atoms. The molecule has 3 aliphatic rings. The monoisotopic (exact) mass is 400 g/mol. The second-order valence-electron chi connectivity index (χ2n) is 9.70. The molecular weight excluding hydrogens is 364 g/mol. The summed E-state index contributed by atoms with van der Waals surface area (Å²) in [6.45, 7) is 7.12. The zero-order valence-corrected chi connectivity index (χ0v) is 18.9. The van der Waals surface area contributed by atoms with Gasteiger partial charge in [0.1, 0.15) is 5.82 Å². The Morgan fingerprint density at radius 2 is 1.79 bits per heavy atom. The molecule has 0 spiro atoms. The Morgan fingerprint density at radius 3 is 2.48 bits per heavy atom. The van der Waals surface area contributed by atoms with Gasteiger partial charge < -0.3 is 19.6 Å². The van der Waals surface area contributed by atoms with Gasteiger partial charge in [-0.1, -0.05) is 0 Å². The van der Waals surface area contributed by atoms with Crippen molar-refractivity contribution in [2.45, 2.75) is 51.6 Å². The highest BCUT2D eigenvalue weighted by atomic mass is 16.2. The number of hydrogen-bond acceptors (Lipinski definition) is 6. The van der Waals surface area contributed by atoms with Gasteiger partial charge in [-0.15, -0.1) is 0 Å². The van der Waals surface area contributed by atoms with E-state index < -0.39 is 0 Å². The zero-order chi connectivity index (χ0) is 20.9. The third-order valence-electron chi connectivity index (χ3n) is 7.10. The van der Waals surface area contributed by atoms with E-state index in [1.54, 1.807) is 0 Å². The van der Waals surface area contributed by atoms with E-state index in [2.05, 4.69) is 47.6 Å². The normalized spacial score (nSPS) is 29.3. The van der Waals surface area contributed by atoms with Crippen molar-refractivity contribution in [1.29, 1.82) is 0 Å². The van der Waals surface area contributed by atoms with Gasteiger partial charge in [0.15, 0.2) is 0 Å². The van der Waals surface area contributed by atoms with Gasteiger partial charge in [-0.3, -0.25) is 4.79 Å². The summed E-state index contributed by atoms with van der Waals surface area (Å²) in [5.41, 5.74) is 2.23. The third kappa shape index (κ3) is 3.69. The fraction of sp³-hybridized carbons (Fsp3) is 0.773. The van der Waals surface area contributed by atoms with Crippen LogP contribution in [-0.4, -0.2) is 85.6 Å². The minimum Gasteiger partial charge on any atom is -0.356 e. The second kappa shape index (κ2) is 7.74. The van der Waals surface area contributed by atoms with Gasteiger partial charge in [0, 0.05) is 63.5 Å². The molecule has 3 aliphatic heterocycles. The number of fused-ring (bicyclic) bond motifs is 4. The van der Waals surface area contributed by atoms with Crippen LogP contribution in [0.4, 0.5) is 11.8 Å². The first-order valence-corrected chi connectivity index (χ1v) is 11.0. The maximum absolute atomic E-state index is 12.9. The molecular formula is C22H36N6O. The SMILES string of the molecule is Cc1nc(N(C)C)nc(N2C[C@H]3C[C@@H](C2)[C@H](CN(C)C)N2C(=O)CCC[C@@H]32)c1C. The molecule has 7 nitrogen and oxygen atoms in total. The molecule has 1 aromatic rings. The summed E-state index contributed by atoms with van der Waals surface area (Å²) in [7, 11) is 8.24. The molecule has 0 unspecified atom stereocenters. The van der Waals surface area contributed by atoms with E-state index in [4.69, 9.17) is 4.98 Å². The van der Waals surface area contributed by atoms with Crippen LogP contribution in [0.3, 0.4) is 0 Å². The maximum Gasteiger partial charge on any atom is 0.227 e. The first-order chi connectivity index (χ1) is 13.8. The molecule has 0 aliphatic carbocycles. The molecule has 0 radical (unpaired) electrons. The van der Waals surface area contributed by atoms with Crippen LogP contribution in [0.15, 0.2) is 0 Å². The predicted octanol–water partition coefficient (Wildman–Crippen LogP) is 1.93. The van der Waals surface area contributed by atoms with Gasteiger partial charge in [-0.25, -0.2) is 4.98 Å². The van der Waals surface area contributed by atoms with E-state index in [-0.39, 0.29) is 0 Å². The lowest BCUT2D eigenvalue weighted by Gasteiger charge is -2.57. The van der Waals surface area contributed by atoms with Crippen LogP contribution in [0, 0.1) is 25.7 Å². The summed E-state index contributed by atoms with van der Waals surface area (Å²) in [6, 6.07) is 0.690. The summed E-state index contributed by atoms with van der Waals surface area (Å²) in [4.78, 5) is 31.5. The molecule has 1 aromatic heterocycles. The highest BCUT2D eigenvalue weighted by Crippen LogP contribution is 2.43. The van der Waals surface area contributed by atoms with Gasteiger partial charge >= 0.3 is 0 Å². The number of aryl methyl sites for hydroxylation is 1. The molecule has 2 bridgehead atoms. The summed E-state index contributed by atoms with van der Waals surface area (Å²) < 4.78 is 0. The summed E-state index contributed by atoms with van der Waals surface area (Å²) in [5.74, 6) is 3.26. The van der Waals surface area contributed by atoms with Crippen molar-refractivity contribution in [3.05, 3.63) is 11.3 Å². The first kappa shape index (κ1) is 20.4. The van der Waals surface area contributed by atoms with E-state index >= 15 is 0 Å². The molecule has 1 amide bonds. The summed E-state index contributed by atoms with van der Waals surface area (Å²) in [6.07, 6.45) is 4.13. The quantitative estimate of drug-likeness (QED) is 0.770. The van der Waals surface area contributed by atoms with E-state index in [9.17, 15) is 4.79 Å². The van der Waals surface area contributed by atoms with Crippen LogP contribution in [0.5, 0.6) is 0 Å². The number of piperidine rings is 3. The van der Waals surface area contributed by atoms with Gasteiger partial charge in [-0.05, 0) is 59.0 Å². The number of likely N-dealkylation sites (N-methyl/N-ethyl adjacent to an activating group) is 1. The molecule has 0 aromatic carbocycles. The third-order valence-corrected chi connectivity index (χ3v) is 7.10.